The number of para-hydroxylation sites is 7. The highest BCUT2D eigenvalue weighted by molar-refractivity contribution is 7.28. The average molecular weight is 1570 g/mol. The lowest BCUT2D eigenvalue weighted by molar-refractivity contribution is 0.672. The minimum atomic E-state index is 0.911. The molecule has 6 nitrogen and oxygen atoms in total. The summed E-state index contributed by atoms with van der Waals surface area (Å²) in [5, 5.41) is 19.8. The zero-order valence-corrected chi connectivity index (χ0v) is 66.3. The van der Waals surface area contributed by atoms with Crippen LogP contribution < -0.4 is 0 Å². The average Bonchev–Trinajstić information content (AvgIpc) is 1.56. The van der Waals surface area contributed by atoms with Crippen LogP contribution in [-0.2, 0) is 0 Å². The van der Waals surface area contributed by atoms with E-state index in [0.717, 1.165) is 122 Å². The van der Waals surface area contributed by atoms with E-state index in [1.54, 1.807) is 0 Å². The molecule has 27 rings (SSSR count). The maximum Gasteiger partial charge on any atom is 0.161 e. The second-order valence-corrected chi connectivity index (χ2v) is 33.8. The van der Waals surface area contributed by atoms with Crippen molar-refractivity contribution < 1.29 is 13.3 Å². The Bertz CT molecular complexity index is 8810. The molecular formula is C110H65N3O3S3. The van der Waals surface area contributed by atoms with Gasteiger partial charge in [-0.25, -0.2) is 0 Å². The molecule has 0 saturated carbocycles. The van der Waals surface area contributed by atoms with Gasteiger partial charge in [-0.05, 0) is 159 Å². The molecule has 0 atom stereocenters. The molecule has 0 spiro atoms. The lowest BCUT2D eigenvalue weighted by Crippen LogP contribution is -1.93. The van der Waals surface area contributed by atoms with Crippen molar-refractivity contribution in [2.75, 3.05) is 0 Å². The van der Waals surface area contributed by atoms with Gasteiger partial charge in [0.1, 0.15) is 33.3 Å². The van der Waals surface area contributed by atoms with Crippen molar-refractivity contribution in [3.05, 3.63) is 394 Å². The van der Waals surface area contributed by atoms with E-state index in [2.05, 4.69) is 408 Å². The largest absolute Gasteiger partial charge is 0.454 e. The van der Waals surface area contributed by atoms with Crippen LogP contribution in [0, 0.1) is 0 Å². The predicted octanol–water partition coefficient (Wildman–Crippen LogP) is 32.7. The molecule has 0 aliphatic carbocycles. The highest BCUT2D eigenvalue weighted by atomic mass is 32.1. The Labute approximate surface area is 692 Å². The molecule has 27 aromatic rings. The fourth-order valence-corrected chi connectivity index (χ4v) is 22.9. The summed E-state index contributed by atoms with van der Waals surface area (Å²) in [6.07, 6.45) is 0. The van der Waals surface area contributed by atoms with E-state index < -0.39 is 0 Å². The number of thiophene rings is 3. The van der Waals surface area contributed by atoms with E-state index in [-0.39, 0.29) is 0 Å². The molecule has 0 saturated heterocycles. The van der Waals surface area contributed by atoms with E-state index in [0.29, 0.717) is 0 Å². The minimum Gasteiger partial charge on any atom is -0.454 e. The first-order valence-corrected chi connectivity index (χ1v) is 42.7. The van der Waals surface area contributed by atoms with Crippen LogP contribution in [0.5, 0.6) is 0 Å². The SMILES string of the molecule is c1ccc(-c2ccc3sc4c(-c5cccc6c5oc5c7ccccc7n(-c7ccccc7)c65)cccc4c3c2)cc1.c1ccc(-n2c3ccccc3c3oc4ccc(-c5cccc6c5sc5c7ccccc7ccc65)cc4c32)cc1.c1ccc(-n2c3ccccc3c3oc4cccc(-c5cccc6c5sc5c7ccccc7ccc65)c4c32)cc1. The number of hydrogen-bond donors (Lipinski definition) is 0. The highest BCUT2D eigenvalue weighted by Gasteiger charge is 2.27. The maximum absolute atomic E-state index is 6.84. The zero-order valence-electron chi connectivity index (χ0n) is 63.8. The van der Waals surface area contributed by atoms with Crippen molar-refractivity contribution >= 4 is 215 Å². The Balaban J connectivity index is 0.0000000992. The summed E-state index contributed by atoms with van der Waals surface area (Å²) in [6.45, 7) is 0. The van der Waals surface area contributed by atoms with Gasteiger partial charge in [-0.1, -0.05) is 285 Å². The number of nitrogens with zero attached hydrogens (tertiary/aromatic N) is 3. The van der Waals surface area contributed by atoms with Crippen molar-refractivity contribution in [3.63, 3.8) is 0 Å². The molecule has 9 aromatic heterocycles. The van der Waals surface area contributed by atoms with Crippen LogP contribution in [0.2, 0.25) is 0 Å². The van der Waals surface area contributed by atoms with E-state index >= 15 is 0 Å². The molecule has 9 heteroatoms. The summed E-state index contributed by atoms with van der Waals surface area (Å²) < 4.78 is 35.0. The lowest BCUT2D eigenvalue weighted by atomic mass is 9.98. The first kappa shape index (κ1) is 67.5. The fraction of sp³-hybridized carbons (Fsp3) is 0. The number of benzene rings is 18. The van der Waals surface area contributed by atoms with Gasteiger partial charge in [0, 0.05) is 121 Å². The Hall–Kier alpha value is -14.8. The normalized spacial score (nSPS) is 12.0. The van der Waals surface area contributed by atoms with Crippen LogP contribution in [0.1, 0.15) is 0 Å². The molecule has 0 fully saturated rings. The van der Waals surface area contributed by atoms with Gasteiger partial charge in [-0.15, -0.1) is 34.0 Å². The van der Waals surface area contributed by atoms with E-state index in [1.807, 2.05) is 34.0 Å². The third-order valence-corrected chi connectivity index (χ3v) is 28.0. The molecule has 0 bridgehead atoms. The van der Waals surface area contributed by atoms with Crippen LogP contribution in [0.25, 0.3) is 243 Å². The zero-order chi connectivity index (χ0) is 77.9. The summed E-state index contributed by atoms with van der Waals surface area (Å²) in [5.74, 6) is 0. The number of hydrogen-bond acceptors (Lipinski definition) is 6. The van der Waals surface area contributed by atoms with Gasteiger partial charge in [0.25, 0.3) is 0 Å². The van der Waals surface area contributed by atoms with Gasteiger partial charge in [0.05, 0.1) is 21.9 Å². The van der Waals surface area contributed by atoms with Gasteiger partial charge in [0.15, 0.2) is 16.7 Å². The fourth-order valence-electron chi connectivity index (χ4n) is 18.9. The number of furan rings is 3. The van der Waals surface area contributed by atoms with Gasteiger partial charge >= 0.3 is 0 Å². The van der Waals surface area contributed by atoms with Crippen molar-refractivity contribution in [3.8, 4) is 61.6 Å². The molecule has 0 unspecified atom stereocenters. The third kappa shape index (κ3) is 10.4. The standard InChI is InChI=1S/C38H23NOS.2C36H21NOS/c1-3-11-24(12-4-1)25-21-22-34-32(23-25)29-18-10-17-28(38(29)41-34)27-16-9-19-31-35-37(40-36(27)31)30-15-7-8-20-33(30)39(35)26-13-5-2-6-14-26;1-2-11-23(12-3-1)37-30-18-7-6-14-29(30)34-33(37)32-25(15-9-19-31(32)38-34)26-16-8-17-27-28-21-20-22-10-4-5-13-24(22)35(28)39-36(26)27;1-2-10-24(11-3-1)37-31-16-7-6-13-29(31)34-33(37)30-21-23(18-20-32(30)38-34)26-14-8-15-27-28-19-17-22-9-4-5-12-25(22)35(28)39-36(26)27/h1-23H;2*1-21H. The first-order chi connectivity index (χ1) is 59.1. The summed E-state index contributed by atoms with van der Waals surface area (Å²) >= 11 is 5.66. The van der Waals surface area contributed by atoms with E-state index in [4.69, 9.17) is 13.3 Å². The second kappa shape index (κ2) is 26.9. The summed E-state index contributed by atoms with van der Waals surface area (Å²) in [7, 11) is 0. The third-order valence-electron chi connectivity index (χ3n) is 24.2. The van der Waals surface area contributed by atoms with Crippen LogP contribution in [0.3, 0.4) is 0 Å². The molecule has 9 heterocycles. The predicted molar refractivity (Wildman–Crippen MR) is 507 cm³/mol. The Morgan fingerprint density at radius 2 is 0.588 bits per heavy atom. The first-order valence-electron chi connectivity index (χ1n) is 40.3. The van der Waals surface area contributed by atoms with Gasteiger partial charge in [0.2, 0.25) is 0 Å². The molecular weight excluding hydrogens is 1510 g/mol. The quantitative estimate of drug-likeness (QED) is 0.160. The molecule has 556 valence electrons. The molecule has 0 N–H and O–H groups in total. The Morgan fingerprint density at radius 1 is 0.193 bits per heavy atom. The van der Waals surface area contributed by atoms with Gasteiger partial charge in [-0.2, -0.15) is 0 Å². The van der Waals surface area contributed by atoms with Crippen LogP contribution >= 0.6 is 34.0 Å². The molecule has 18 aromatic carbocycles. The molecule has 0 radical (unpaired) electrons. The maximum atomic E-state index is 6.84. The molecule has 0 aliphatic rings. The highest BCUT2D eigenvalue weighted by Crippen LogP contribution is 2.52. The minimum absolute atomic E-state index is 0.911. The Morgan fingerprint density at radius 3 is 1.18 bits per heavy atom. The summed E-state index contributed by atoms with van der Waals surface area (Å²) in [6, 6.07) is 141. The molecule has 119 heavy (non-hydrogen) atoms. The van der Waals surface area contributed by atoms with Crippen molar-refractivity contribution in [2.24, 2.45) is 0 Å². The molecule has 0 amide bonds. The lowest BCUT2D eigenvalue weighted by Gasteiger charge is -2.10. The van der Waals surface area contributed by atoms with Gasteiger partial charge < -0.3 is 27.0 Å². The second-order valence-electron chi connectivity index (χ2n) is 30.7. The van der Waals surface area contributed by atoms with Gasteiger partial charge in [-0.3, -0.25) is 0 Å². The van der Waals surface area contributed by atoms with Crippen molar-refractivity contribution in [1.82, 2.24) is 13.7 Å². The van der Waals surface area contributed by atoms with Crippen LogP contribution in [0.15, 0.2) is 408 Å². The van der Waals surface area contributed by atoms with Crippen LogP contribution in [-0.4, -0.2) is 13.7 Å². The smallest absolute Gasteiger partial charge is 0.161 e. The summed E-state index contributed by atoms with van der Waals surface area (Å²) in [5.41, 5.74) is 25.5. The van der Waals surface area contributed by atoms with Crippen molar-refractivity contribution in [1.29, 1.82) is 0 Å². The molecule has 0 aliphatic heterocycles. The monoisotopic (exact) mass is 1570 g/mol. The number of rotatable bonds is 7. The number of fused-ring (bicyclic) bond motifs is 28. The topological polar surface area (TPSA) is 54.2 Å². The number of aromatic nitrogens is 3. The summed E-state index contributed by atoms with van der Waals surface area (Å²) in [4.78, 5) is 0. The van der Waals surface area contributed by atoms with E-state index in [9.17, 15) is 0 Å². The van der Waals surface area contributed by atoms with E-state index in [1.165, 1.54) is 121 Å². The van der Waals surface area contributed by atoms with Crippen molar-refractivity contribution in [2.45, 2.75) is 0 Å². The van der Waals surface area contributed by atoms with Crippen LogP contribution in [0.4, 0.5) is 0 Å². The Kier molecular flexibility index (Phi) is 15.2.